The average molecular weight is 338 g/mol. The summed E-state index contributed by atoms with van der Waals surface area (Å²) in [6, 6.07) is 1.46. The molecule has 0 radical (unpaired) electrons. The predicted molar refractivity (Wildman–Crippen MR) is 70.1 cm³/mol. The van der Waals surface area contributed by atoms with Crippen LogP contribution in [0.25, 0.3) is 0 Å². The van der Waals surface area contributed by atoms with E-state index in [0.717, 1.165) is 0 Å². The maximum atomic E-state index is 12.4. The van der Waals surface area contributed by atoms with Crippen molar-refractivity contribution in [3.05, 3.63) is 12.3 Å². The molecule has 102 valence electrons. The summed E-state index contributed by atoms with van der Waals surface area (Å²) < 4.78 is 32.0. The Morgan fingerprint density at radius 1 is 1.67 bits per heavy atom. The van der Waals surface area contributed by atoms with Crippen LogP contribution in [0.5, 0.6) is 0 Å². The first-order valence-corrected chi connectivity index (χ1v) is 8.14. The number of rotatable bonds is 3. The van der Waals surface area contributed by atoms with E-state index in [1.165, 1.54) is 16.6 Å². The molecule has 0 saturated carbocycles. The van der Waals surface area contributed by atoms with Crippen molar-refractivity contribution in [3.8, 4) is 0 Å². The van der Waals surface area contributed by atoms with Gasteiger partial charge in [-0.05, 0) is 19.9 Å². The van der Waals surface area contributed by atoms with Crippen molar-refractivity contribution in [2.45, 2.75) is 30.6 Å². The third-order valence-corrected chi connectivity index (χ3v) is 5.18. The minimum atomic E-state index is -3.52. The van der Waals surface area contributed by atoms with Crippen LogP contribution in [0.3, 0.4) is 0 Å². The molecular formula is C10H16BrN3O3S. The van der Waals surface area contributed by atoms with Crippen LogP contribution in [-0.4, -0.2) is 53.0 Å². The average Bonchev–Trinajstić information content (AvgIpc) is 2.80. The topological polar surface area (TPSA) is 75.3 Å². The number of nitrogens with one attached hydrogen (secondary N) is 1. The number of alkyl halides is 1. The highest BCUT2D eigenvalue weighted by molar-refractivity contribution is 9.09. The van der Waals surface area contributed by atoms with E-state index < -0.39 is 15.6 Å². The summed E-state index contributed by atoms with van der Waals surface area (Å²) in [6.45, 7) is 4.45. The standard InChI is InChI=1S/C10H16BrN3O3S/c1-10(2)7-14(6-8(5-11)17-10)18(15,16)9-3-4-12-13-9/h3-4,8H,5-7H2,1-2H3,(H,12,13). The number of halogens is 1. The number of morpholine rings is 1. The van der Waals surface area contributed by atoms with Crippen LogP contribution < -0.4 is 0 Å². The van der Waals surface area contributed by atoms with E-state index in [1.54, 1.807) is 0 Å². The predicted octanol–water partition coefficient (Wildman–Crippen LogP) is 0.973. The molecule has 18 heavy (non-hydrogen) atoms. The van der Waals surface area contributed by atoms with Gasteiger partial charge in [-0.3, -0.25) is 5.10 Å². The van der Waals surface area contributed by atoms with Gasteiger partial charge in [0, 0.05) is 18.4 Å². The van der Waals surface area contributed by atoms with E-state index in [0.29, 0.717) is 18.4 Å². The molecule has 2 heterocycles. The molecule has 0 bridgehead atoms. The largest absolute Gasteiger partial charge is 0.369 e. The molecule has 0 aliphatic carbocycles. The first-order chi connectivity index (χ1) is 8.35. The molecule has 1 aliphatic heterocycles. The molecular weight excluding hydrogens is 322 g/mol. The van der Waals surface area contributed by atoms with Gasteiger partial charge in [0.2, 0.25) is 0 Å². The fourth-order valence-electron chi connectivity index (χ4n) is 2.03. The smallest absolute Gasteiger partial charge is 0.260 e. The number of nitrogens with zero attached hydrogens (tertiary/aromatic N) is 2. The molecule has 1 N–H and O–H groups in total. The SMILES string of the molecule is CC1(C)CN(S(=O)(=O)c2ccn[nH]2)CC(CBr)O1. The van der Waals surface area contributed by atoms with Gasteiger partial charge in [0.1, 0.15) is 0 Å². The summed E-state index contributed by atoms with van der Waals surface area (Å²) in [5.41, 5.74) is -0.496. The van der Waals surface area contributed by atoms with E-state index in [1.807, 2.05) is 13.8 Å². The van der Waals surface area contributed by atoms with E-state index in [9.17, 15) is 8.42 Å². The van der Waals surface area contributed by atoms with Crippen LogP contribution in [0, 0.1) is 0 Å². The molecule has 1 fully saturated rings. The Labute approximate surface area is 115 Å². The quantitative estimate of drug-likeness (QED) is 0.834. The molecule has 0 spiro atoms. The number of hydrogen-bond donors (Lipinski definition) is 1. The zero-order chi connectivity index (χ0) is 13.4. The zero-order valence-electron chi connectivity index (χ0n) is 10.3. The molecule has 2 rings (SSSR count). The summed E-state index contributed by atoms with van der Waals surface area (Å²) in [4.78, 5) is 0. The fraction of sp³-hybridized carbons (Fsp3) is 0.700. The molecule has 0 aromatic carbocycles. The Balaban J connectivity index is 2.28. The molecule has 1 unspecified atom stereocenters. The molecule has 1 saturated heterocycles. The van der Waals surface area contributed by atoms with E-state index in [-0.39, 0.29) is 11.1 Å². The lowest BCUT2D eigenvalue weighted by molar-refractivity contribution is -0.107. The molecule has 1 aliphatic rings. The van der Waals surface area contributed by atoms with Gasteiger partial charge in [0.25, 0.3) is 10.0 Å². The third-order valence-electron chi connectivity index (χ3n) is 2.72. The van der Waals surface area contributed by atoms with Gasteiger partial charge >= 0.3 is 0 Å². The third kappa shape index (κ3) is 2.76. The summed E-state index contributed by atoms with van der Waals surface area (Å²) in [5, 5.41) is 6.91. The zero-order valence-corrected chi connectivity index (χ0v) is 12.7. The normalized spacial score (nSPS) is 25.2. The van der Waals surface area contributed by atoms with Crippen LogP contribution in [0.1, 0.15) is 13.8 Å². The number of hydrogen-bond acceptors (Lipinski definition) is 4. The molecule has 1 aromatic rings. The van der Waals surface area contributed by atoms with Crippen LogP contribution in [0.15, 0.2) is 17.3 Å². The maximum Gasteiger partial charge on any atom is 0.260 e. The number of aromatic amines is 1. The van der Waals surface area contributed by atoms with Gasteiger partial charge in [-0.25, -0.2) is 8.42 Å². The Bertz CT molecular complexity index is 500. The summed E-state index contributed by atoms with van der Waals surface area (Å²) >= 11 is 3.34. The van der Waals surface area contributed by atoms with Crippen LogP contribution >= 0.6 is 15.9 Å². The number of sulfonamides is 1. The first-order valence-electron chi connectivity index (χ1n) is 5.58. The van der Waals surface area contributed by atoms with Crippen molar-refractivity contribution in [1.29, 1.82) is 0 Å². The van der Waals surface area contributed by atoms with Crippen molar-refractivity contribution in [1.82, 2.24) is 14.5 Å². The molecule has 1 aromatic heterocycles. The Kier molecular flexibility index (Phi) is 3.82. The fourth-order valence-corrected chi connectivity index (χ4v) is 3.89. The Morgan fingerprint density at radius 3 is 2.94 bits per heavy atom. The molecule has 0 amide bonds. The summed E-state index contributed by atoms with van der Waals surface area (Å²) in [5.74, 6) is 0. The minimum absolute atomic E-state index is 0.119. The highest BCUT2D eigenvalue weighted by atomic mass is 79.9. The van der Waals surface area contributed by atoms with Gasteiger partial charge in [0.15, 0.2) is 5.03 Å². The Morgan fingerprint density at radius 2 is 2.39 bits per heavy atom. The van der Waals surface area contributed by atoms with Gasteiger partial charge in [-0.1, -0.05) is 15.9 Å². The molecule has 8 heteroatoms. The molecule has 1 atom stereocenters. The van der Waals surface area contributed by atoms with E-state index >= 15 is 0 Å². The minimum Gasteiger partial charge on any atom is -0.369 e. The lowest BCUT2D eigenvalue weighted by atomic mass is 10.1. The number of ether oxygens (including phenoxy) is 1. The van der Waals surface area contributed by atoms with Crippen molar-refractivity contribution < 1.29 is 13.2 Å². The monoisotopic (exact) mass is 337 g/mol. The van der Waals surface area contributed by atoms with E-state index in [2.05, 4.69) is 26.1 Å². The molecule has 6 nitrogen and oxygen atoms in total. The van der Waals surface area contributed by atoms with Gasteiger partial charge in [0.05, 0.1) is 17.9 Å². The van der Waals surface area contributed by atoms with Gasteiger partial charge in [-0.2, -0.15) is 9.40 Å². The lowest BCUT2D eigenvalue weighted by Gasteiger charge is -2.41. The van der Waals surface area contributed by atoms with Crippen molar-refractivity contribution in [2.75, 3.05) is 18.4 Å². The number of aromatic nitrogens is 2. The summed E-state index contributed by atoms with van der Waals surface area (Å²) in [7, 11) is -3.52. The number of H-pyrrole nitrogens is 1. The maximum absolute atomic E-state index is 12.4. The van der Waals surface area contributed by atoms with Crippen LogP contribution in [0.2, 0.25) is 0 Å². The van der Waals surface area contributed by atoms with Crippen LogP contribution in [-0.2, 0) is 14.8 Å². The second kappa shape index (κ2) is 4.92. The van der Waals surface area contributed by atoms with Crippen molar-refractivity contribution >= 4 is 26.0 Å². The highest BCUT2D eigenvalue weighted by Crippen LogP contribution is 2.26. The van der Waals surface area contributed by atoms with Crippen molar-refractivity contribution in [3.63, 3.8) is 0 Å². The second-order valence-electron chi connectivity index (χ2n) is 4.87. The summed E-state index contributed by atoms with van der Waals surface area (Å²) in [6.07, 6.45) is 1.28. The highest BCUT2D eigenvalue weighted by Gasteiger charge is 2.39. The second-order valence-corrected chi connectivity index (χ2v) is 7.43. The van der Waals surface area contributed by atoms with Crippen molar-refractivity contribution in [2.24, 2.45) is 0 Å². The van der Waals surface area contributed by atoms with Crippen LogP contribution in [0.4, 0.5) is 0 Å². The first kappa shape index (κ1) is 14.0. The van der Waals surface area contributed by atoms with Gasteiger partial charge < -0.3 is 4.74 Å². The Hall–Kier alpha value is -0.440. The van der Waals surface area contributed by atoms with E-state index in [4.69, 9.17) is 4.74 Å². The lowest BCUT2D eigenvalue weighted by Crippen LogP contribution is -2.55. The van der Waals surface area contributed by atoms with Gasteiger partial charge in [-0.15, -0.1) is 0 Å².